The van der Waals surface area contributed by atoms with Crippen molar-refractivity contribution in [2.75, 3.05) is 43.4 Å². The molecule has 6 heteroatoms. The minimum absolute atomic E-state index is 0.239. The van der Waals surface area contributed by atoms with E-state index in [2.05, 4.69) is 10.2 Å². The molecule has 2 saturated heterocycles. The lowest BCUT2D eigenvalue weighted by Gasteiger charge is -2.39. The SMILES string of the molecule is CCS(=O)(=O)C1CSCCN1CC1CNC1. The number of hydrogen-bond acceptors (Lipinski definition) is 5. The van der Waals surface area contributed by atoms with Crippen LogP contribution < -0.4 is 5.32 Å². The first-order valence-electron chi connectivity index (χ1n) is 5.87. The first kappa shape index (κ1) is 12.7. The third kappa shape index (κ3) is 2.72. The van der Waals surface area contributed by atoms with Gasteiger partial charge in [0, 0.05) is 43.4 Å². The highest BCUT2D eigenvalue weighted by molar-refractivity contribution is 8.01. The molecule has 0 amide bonds. The van der Waals surface area contributed by atoms with E-state index in [9.17, 15) is 8.42 Å². The van der Waals surface area contributed by atoms with Gasteiger partial charge in [-0.3, -0.25) is 4.90 Å². The predicted molar refractivity (Wildman–Crippen MR) is 68.5 cm³/mol. The van der Waals surface area contributed by atoms with E-state index in [-0.39, 0.29) is 11.1 Å². The van der Waals surface area contributed by atoms with E-state index in [1.165, 1.54) is 0 Å². The maximum atomic E-state index is 12.0. The van der Waals surface area contributed by atoms with E-state index in [0.29, 0.717) is 5.92 Å². The molecule has 0 aromatic rings. The molecule has 1 atom stereocenters. The highest BCUT2D eigenvalue weighted by atomic mass is 32.2. The second-order valence-electron chi connectivity index (χ2n) is 4.50. The topological polar surface area (TPSA) is 49.4 Å². The molecule has 16 heavy (non-hydrogen) atoms. The van der Waals surface area contributed by atoms with Crippen LogP contribution in [0.15, 0.2) is 0 Å². The number of rotatable bonds is 4. The zero-order valence-corrected chi connectivity index (χ0v) is 11.3. The van der Waals surface area contributed by atoms with Crippen molar-refractivity contribution in [2.24, 2.45) is 5.92 Å². The standard InChI is InChI=1S/C10H20N2O2S2/c1-2-16(13,14)10-8-15-4-3-12(10)7-9-5-11-6-9/h9-11H,2-8H2,1H3. The summed E-state index contributed by atoms with van der Waals surface area (Å²) in [5, 5.41) is 3.00. The van der Waals surface area contributed by atoms with Gasteiger partial charge in [0.2, 0.25) is 0 Å². The molecular formula is C10H20N2O2S2. The lowest BCUT2D eigenvalue weighted by atomic mass is 10.0. The van der Waals surface area contributed by atoms with Crippen molar-refractivity contribution >= 4 is 21.6 Å². The molecule has 1 unspecified atom stereocenters. The van der Waals surface area contributed by atoms with Crippen LogP contribution in [0.1, 0.15) is 6.92 Å². The van der Waals surface area contributed by atoms with Crippen LogP contribution in [-0.4, -0.2) is 62.1 Å². The summed E-state index contributed by atoms with van der Waals surface area (Å²) in [6.45, 7) is 5.70. The Labute approximate surface area is 102 Å². The summed E-state index contributed by atoms with van der Waals surface area (Å²) in [5.41, 5.74) is 0. The minimum atomic E-state index is -2.92. The highest BCUT2D eigenvalue weighted by Gasteiger charge is 2.34. The fourth-order valence-corrected chi connectivity index (χ4v) is 5.25. The van der Waals surface area contributed by atoms with Gasteiger partial charge in [0.05, 0.1) is 0 Å². The predicted octanol–water partition coefficient (Wildman–Crippen LogP) is 0.0154. The van der Waals surface area contributed by atoms with Gasteiger partial charge in [-0.15, -0.1) is 0 Å². The second kappa shape index (κ2) is 5.25. The van der Waals surface area contributed by atoms with Crippen LogP contribution in [0, 0.1) is 5.92 Å². The molecule has 2 aliphatic heterocycles. The first-order valence-corrected chi connectivity index (χ1v) is 8.74. The average Bonchev–Trinajstić information content (AvgIpc) is 2.24. The summed E-state index contributed by atoms with van der Waals surface area (Å²) < 4.78 is 24.0. The van der Waals surface area contributed by atoms with Gasteiger partial charge < -0.3 is 5.32 Å². The number of thioether (sulfide) groups is 1. The number of nitrogens with one attached hydrogen (secondary N) is 1. The van der Waals surface area contributed by atoms with E-state index < -0.39 is 9.84 Å². The smallest absolute Gasteiger partial charge is 0.166 e. The number of hydrogen-bond donors (Lipinski definition) is 1. The fourth-order valence-electron chi connectivity index (χ4n) is 2.16. The van der Waals surface area contributed by atoms with Gasteiger partial charge in [-0.05, 0) is 5.92 Å². The van der Waals surface area contributed by atoms with Crippen molar-refractivity contribution in [3.63, 3.8) is 0 Å². The molecule has 0 aliphatic carbocycles. The third-order valence-corrected chi connectivity index (χ3v) is 6.70. The fraction of sp³-hybridized carbons (Fsp3) is 1.00. The molecule has 1 N–H and O–H groups in total. The molecule has 2 fully saturated rings. The Bertz CT molecular complexity index is 328. The Hall–Kier alpha value is 0.220. The van der Waals surface area contributed by atoms with Gasteiger partial charge in [0.25, 0.3) is 0 Å². The van der Waals surface area contributed by atoms with E-state index in [0.717, 1.165) is 37.7 Å². The van der Waals surface area contributed by atoms with Crippen LogP contribution in [0.5, 0.6) is 0 Å². The Morgan fingerprint density at radius 1 is 1.44 bits per heavy atom. The molecule has 0 bridgehead atoms. The van der Waals surface area contributed by atoms with Crippen LogP contribution in [0.25, 0.3) is 0 Å². The second-order valence-corrected chi connectivity index (χ2v) is 8.10. The van der Waals surface area contributed by atoms with E-state index in [1.807, 2.05) is 0 Å². The summed E-state index contributed by atoms with van der Waals surface area (Å²) in [5.74, 6) is 2.72. The molecule has 0 aromatic heterocycles. The van der Waals surface area contributed by atoms with Crippen molar-refractivity contribution in [3.8, 4) is 0 Å². The van der Waals surface area contributed by atoms with Gasteiger partial charge in [-0.25, -0.2) is 8.42 Å². The van der Waals surface area contributed by atoms with Gasteiger partial charge in [0.1, 0.15) is 5.37 Å². The van der Waals surface area contributed by atoms with Crippen molar-refractivity contribution in [3.05, 3.63) is 0 Å². The molecule has 2 heterocycles. The highest BCUT2D eigenvalue weighted by Crippen LogP contribution is 2.23. The maximum Gasteiger partial charge on any atom is 0.166 e. The van der Waals surface area contributed by atoms with Gasteiger partial charge in [0.15, 0.2) is 9.84 Å². The van der Waals surface area contributed by atoms with E-state index in [4.69, 9.17) is 0 Å². The molecule has 4 nitrogen and oxygen atoms in total. The van der Waals surface area contributed by atoms with Gasteiger partial charge in [-0.1, -0.05) is 6.92 Å². The summed E-state index contributed by atoms with van der Waals surface area (Å²) >= 11 is 1.77. The first-order chi connectivity index (χ1) is 7.63. The summed E-state index contributed by atoms with van der Waals surface area (Å²) in [7, 11) is -2.92. The molecule has 2 rings (SSSR count). The van der Waals surface area contributed by atoms with Crippen molar-refractivity contribution < 1.29 is 8.42 Å². The molecule has 2 aliphatic rings. The summed E-state index contributed by atoms with van der Waals surface area (Å²) in [6, 6.07) is 0. The monoisotopic (exact) mass is 264 g/mol. The Balaban J connectivity index is 2.01. The lowest BCUT2D eigenvalue weighted by Crippen LogP contribution is -2.54. The van der Waals surface area contributed by atoms with Crippen molar-refractivity contribution in [1.82, 2.24) is 10.2 Å². The van der Waals surface area contributed by atoms with Crippen molar-refractivity contribution in [1.29, 1.82) is 0 Å². The Morgan fingerprint density at radius 3 is 2.75 bits per heavy atom. The third-order valence-electron chi connectivity index (χ3n) is 3.37. The molecule has 0 aromatic carbocycles. The number of sulfone groups is 1. The Kier molecular flexibility index (Phi) is 4.15. The normalized spacial score (nSPS) is 28.9. The van der Waals surface area contributed by atoms with E-state index in [1.54, 1.807) is 18.7 Å². The van der Waals surface area contributed by atoms with E-state index >= 15 is 0 Å². The zero-order chi connectivity index (χ0) is 11.6. The average molecular weight is 264 g/mol. The van der Waals surface area contributed by atoms with Crippen LogP contribution in [-0.2, 0) is 9.84 Å². The molecular weight excluding hydrogens is 244 g/mol. The quantitative estimate of drug-likeness (QED) is 0.775. The molecule has 0 radical (unpaired) electrons. The number of nitrogens with zero attached hydrogens (tertiary/aromatic N) is 1. The molecule has 0 saturated carbocycles. The Morgan fingerprint density at radius 2 is 2.19 bits per heavy atom. The van der Waals surface area contributed by atoms with Gasteiger partial charge in [-0.2, -0.15) is 11.8 Å². The van der Waals surface area contributed by atoms with Crippen LogP contribution >= 0.6 is 11.8 Å². The molecule has 94 valence electrons. The summed E-state index contributed by atoms with van der Waals surface area (Å²) in [4.78, 5) is 2.18. The molecule has 0 spiro atoms. The van der Waals surface area contributed by atoms with Crippen molar-refractivity contribution in [2.45, 2.75) is 12.3 Å². The van der Waals surface area contributed by atoms with Crippen LogP contribution in [0.2, 0.25) is 0 Å². The summed E-state index contributed by atoms with van der Waals surface area (Å²) in [6.07, 6.45) is 0. The largest absolute Gasteiger partial charge is 0.316 e. The lowest BCUT2D eigenvalue weighted by molar-refractivity contribution is 0.190. The van der Waals surface area contributed by atoms with Crippen LogP contribution in [0.3, 0.4) is 0 Å². The maximum absolute atomic E-state index is 12.0. The van der Waals surface area contributed by atoms with Crippen LogP contribution in [0.4, 0.5) is 0 Å². The van der Waals surface area contributed by atoms with Gasteiger partial charge >= 0.3 is 0 Å². The minimum Gasteiger partial charge on any atom is -0.316 e. The zero-order valence-electron chi connectivity index (χ0n) is 9.68.